The summed E-state index contributed by atoms with van der Waals surface area (Å²) < 4.78 is 42.8. The van der Waals surface area contributed by atoms with E-state index >= 15 is 0 Å². The molecule has 0 heterocycles. The largest absolute Gasteiger partial charge is 0.490 e. The molecule has 6 heteroatoms. The topological polar surface area (TPSA) is 55.4 Å². The van der Waals surface area contributed by atoms with Gasteiger partial charge in [-0.05, 0) is 25.0 Å². The first-order valence-electron chi connectivity index (χ1n) is 4.88. The first-order valence-corrected chi connectivity index (χ1v) is 6.77. The number of sulfonamides is 1. The van der Waals surface area contributed by atoms with Crippen molar-refractivity contribution in [3.63, 3.8) is 0 Å². The van der Waals surface area contributed by atoms with Gasteiger partial charge >= 0.3 is 0 Å². The summed E-state index contributed by atoms with van der Waals surface area (Å²) in [7, 11) is -3.47. The zero-order valence-corrected chi connectivity index (χ0v) is 9.55. The number of anilines is 1. The zero-order chi connectivity index (χ0) is 11.8. The second-order valence-corrected chi connectivity index (χ2v) is 5.58. The van der Waals surface area contributed by atoms with Crippen molar-refractivity contribution in [2.75, 3.05) is 11.0 Å². The number of hydrogen-bond acceptors (Lipinski definition) is 3. The minimum absolute atomic E-state index is 0.0827. The molecule has 88 valence electrons. The molecule has 2 rings (SSSR count). The van der Waals surface area contributed by atoms with Crippen molar-refractivity contribution in [1.82, 2.24) is 0 Å². The number of benzene rings is 1. The van der Waals surface area contributed by atoms with E-state index in [1.807, 2.05) is 0 Å². The number of hydrogen-bond donors (Lipinski definition) is 1. The van der Waals surface area contributed by atoms with Crippen molar-refractivity contribution in [2.24, 2.45) is 0 Å². The smallest absolute Gasteiger partial charge is 0.229 e. The van der Waals surface area contributed by atoms with Gasteiger partial charge in [0.15, 0.2) is 0 Å². The molecule has 1 fully saturated rings. The molecule has 0 saturated heterocycles. The van der Waals surface area contributed by atoms with E-state index in [9.17, 15) is 12.8 Å². The van der Waals surface area contributed by atoms with Gasteiger partial charge in [0.05, 0.1) is 18.0 Å². The minimum atomic E-state index is -3.47. The van der Waals surface area contributed by atoms with E-state index in [0.29, 0.717) is 5.75 Å². The molecular formula is C10H12FNO3S. The van der Waals surface area contributed by atoms with Gasteiger partial charge in [0.2, 0.25) is 10.0 Å². The number of nitrogens with one attached hydrogen (secondary N) is 1. The van der Waals surface area contributed by atoms with Crippen LogP contribution in [0.5, 0.6) is 5.75 Å². The first-order chi connectivity index (χ1) is 7.44. The Kier molecular flexibility index (Phi) is 2.75. The number of rotatable bonds is 4. The summed E-state index contributed by atoms with van der Waals surface area (Å²) in [5, 5.41) is 0. The predicted octanol–water partition coefficient (Wildman–Crippen LogP) is 1.74. The molecule has 0 bridgehead atoms. The van der Waals surface area contributed by atoms with Gasteiger partial charge in [-0.2, -0.15) is 0 Å². The molecule has 0 spiro atoms. The van der Waals surface area contributed by atoms with Crippen molar-refractivity contribution < 1.29 is 17.5 Å². The van der Waals surface area contributed by atoms with Crippen LogP contribution in [0.4, 0.5) is 10.1 Å². The molecular weight excluding hydrogens is 233 g/mol. The third-order valence-corrected chi connectivity index (χ3v) is 2.65. The molecule has 1 aromatic rings. The van der Waals surface area contributed by atoms with Crippen LogP contribution in [0.3, 0.4) is 0 Å². The predicted molar refractivity (Wildman–Crippen MR) is 58.5 cm³/mol. The fourth-order valence-corrected chi connectivity index (χ4v) is 1.79. The molecule has 1 aromatic carbocycles. The summed E-state index contributed by atoms with van der Waals surface area (Å²) in [6, 6.07) is 4.03. The molecule has 0 unspecified atom stereocenters. The maximum absolute atomic E-state index is 13.3. The van der Waals surface area contributed by atoms with Crippen molar-refractivity contribution in [3.8, 4) is 5.75 Å². The van der Waals surface area contributed by atoms with E-state index in [1.165, 1.54) is 18.2 Å². The molecule has 1 saturated carbocycles. The highest BCUT2D eigenvalue weighted by Gasteiger charge is 2.23. The molecule has 1 aliphatic rings. The summed E-state index contributed by atoms with van der Waals surface area (Å²) >= 11 is 0. The third kappa shape index (κ3) is 3.10. The lowest BCUT2D eigenvalue weighted by Crippen LogP contribution is -2.11. The van der Waals surface area contributed by atoms with Crippen LogP contribution >= 0.6 is 0 Å². The van der Waals surface area contributed by atoms with Crippen LogP contribution in [-0.4, -0.2) is 20.8 Å². The Balaban J connectivity index is 2.21. The fraction of sp³-hybridized carbons (Fsp3) is 0.400. The quantitative estimate of drug-likeness (QED) is 0.879. The molecule has 0 aromatic heterocycles. The van der Waals surface area contributed by atoms with Gasteiger partial charge in [0.1, 0.15) is 11.6 Å². The average Bonchev–Trinajstić information content (AvgIpc) is 2.92. The summed E-state index contributed by atoms with van der Waals surface area (Å²) in [6.07, 6.45) is 3.15. The first kappa shape index (κ1) is 11.2. The van der Waals surface area contributed by atoms with Gasteiger partial charge < -0.3 is 4.74 Å². The minimum Gasteiger partial charge on any atom is -0.490 e. The lowest BCUT2D eigenvalue weighted by Gasteiger charge is -2.08. The Morgan fingerprint density at radius 3 is 2.69 bits per heavy atom. The second-order valence-electron chi connectivity index (χ2n) is 3.83. The molecule has 0 amide bonds. The average molecular weight is 245 g/mol. The third-order valence-electron chi connectivity index (χ3n) is 2.06. The van der Waals surface area contributed by atoms with Crippen LogP contribution in [0.25, 0.3) is 0 Å². The van der Waals surface area contributed by atoms with Gasteiger partial charge in [-0.15, -0.1) is 0 Å². The van der Waals surface area contributed by atoms with Crippen molar-refractivity contribution in [2.45, 2.75) is 18.9 Å². The van der Waals surface area contributed by atoms with Crippen LogP contribution in [0.2, 0.25) is 0 Å². The molecule has 1 N–H and O–H groups in total. The van der Waals surface area contributed by atoms with Gasteiger partial charge in [0, 0.05) is 6.07 Å². The van der Waals surface area contributed by atoms with Gasteiger partial charge in [-0.25, -0.2) is 12.8 Å². The van der Waals surface area contributed by atoms with E-state index in [2.05, 4.69) is 4.72 Å². The highest BCUT2D eigenvalue weighted by molar-refractivity contribution is 7.92. The summed E-state index contributed by atoms with van der Waals surface area (Å²) in [5.41, 5.74) is -0.0827. The molecule has 4 nitrogen and oxygen atoms in total. The number of halogens is 1. The van der Waals surface area contributed by atoms with E-state index < -0.39 is 15.8 Å². The van der Waals surface area contributed by atoms with Crippen LogP contribution in [0.1, 0.15) is 12.8 Å². The van der Waals surface area contributed by atoms with E-state index in [1.54, 1.807) is 0 Å². The molecule has 0 atom stereocenters. The maximum Gasteiger partial charge on any atom is 0.229 e. The van der Waals surface area contributed by atoms with E-state index in [4.69, 9.17) is 4.74 Å². The van der Waals surface area contributed by atoms with Gasteiger partial charge in [-0.3, -0.25) is 4.72 Å². The van der Waals surface area contributed by atoms with Crippen LogP contribution < -0.4 is 9.46 Å². The Labute approximate surface area is 93.5 Å². The lowest BCUT2D eigenvalue weighted by atomic mass is 10.3. The Morgan fingerprint density at radius 1 is 1.44 bits per heavy atom. The Hall–Kier alpha value is -1.30. The molecule has 0 aliphatic heterocycles. The maximum atomic E-state index is 13.3. The monoisotopic (exact) mass is 245 g/mol. The van der Waals surface area contributed by atoms with Crippen molar-refractivity contribution >= 4 is 15.7 Å². The molecule has 16 heavy (non-hydrogen) atoms. The summed E-state index contributed by atoms with van der Waals surface area (Å²) in [5.74, 6) is -0.136. The highest BCUT2D eigenvalue weighted by atomic mass is 32.2. The van der Waals surface area contributed by atoms with Gasteiger partial charge in [-0.1, -0.05) is 0 Å². The van der Waals surface area contributed by atoms with Crippen molar-refractivity contribution in [1.29, 1.82) is 0 Å². The number of ether oxygens (including phenoxy) is 1. The van der Waals surface area contributed by atoms with Gasteiger partial charge in [0.25, 0.3) is 0 Å². The normalized spacial score (nSPS) is 15.9. The summed E-state index contributed by atoms with van der Waals surface area (Å²) in [4.78, 5) is 0. The Bertz CT molecular complexity index is 497. The van der Waals surface area contributed by atoms with Crippen LogP contribution in [0, 0.1) is 5.82 Å². The second kappa shape index (κ2) is 3.93. The van der Waals surface area contributed by atoms with E-state index in [-0.39, 0.29) is 11.8 Å². The van der Waals surface area contributed by atoms with Crippen LogP contribution in [0.15, 0.2) is 18.2 Å². The standard InChI is InChI=1S/C10H12FNO3S/c1-16(13,14)12-10-6-8(4-5-9(10)11)15-7-2-3-7/h4-7,12H,2-3H2,1H3. The lowest BCUT2D eigenvalue weighted by molar-refractivity contribution is 0.303. The Morgan fingerprint density at radius 2 is 2.12 bits per heavy atom. The SMILES string of the molecule is CS(=O)(=O)Nc1cc(OC2CC2)ccc1F. The fourth-order valence-electron chi connectivity index (χ4n) is 1.23. The highest BCUT2D eigenvalue weighted by Crippen LogP contribution is 2.29. The van der Waals surface area contributed by atoms with Crippen molar-refractivity contribution in [3.05, 3.63) is 24.0 Å². The molecule has 0 radical (unpaired) electrons. The summed E-state index contributed by atoms with van der Waals surface area (Å²) in [6.45, 7) is 0. The van der Waals surface area contributed by atoms with E-state index in [0.717, 1.165) is 19.1 Å². The zero-order valence-electron chi connectivity index (χ0n) is 8.73. The van der Waals surface area contributed by atoms with Crippen LogP contribution in [-0.2, 0) is 10.0 Å². The molecule has 1 aliphatic carbocycles.